The average Bonchev–Trinajstić information content (AvgIpc) is 2.78. The molecule has 0 atom stereocenters. The first-order chi connectivity index (χ1) is 14.7. The van der Waals surface area contributed by atoms with Crippen molar-refractivity contribution in [3.8, 4) is 11.5 Å². The molecular weight excluding hydrogens is 440 g/mol. The van der Waals surface area contributed by atoms with Gasteiger partial charge in [0.15, 0.2) is 5.78 Å². The summed E-state index contributed by atoms with van der Waals surface area (Å²) in [6, 6.07) is 15.1. The summed E-state index contributed by atoms with van der Waals surface area (Å²) < 4.78 is 11.4. The molecule has 0 aliphatic heterocycles. The molecule has 0 unspecified atom stereocenters. The minimum Gasteiger partial charge on any atom is -0.494 e. The second-order valence-corrected chi connectivity index (χ2v) is 8.09. The molecule has 0 spiro atoms. The van der Waals surface area contributed by atoms with E-state index in [1.807, 2.05) is 54.6 Å². The van der Waals surface area contributed by atoms with Gasteiger partial charge in [-0.05, 0) is 60.9 Å². The molecule has 0 N–H and O–H groups in total. The third kappa shape index (κ3) is 9.62. The maximum Gasteiger partial charge on any atom is 0.185 e. The number of rotatable bonds is 15. The van der Waals surface area contributed by atoms with Crippen molar-refractivity contribution in [1.82, 2.24) is 0 Å². The minimum atomic E-state index is -0.0184. The van der Waals surface area contributed by atoms with Crippen LogP contribution in [0, 0.1) is 0 Å². The molecule has 0 heterocycles. The van der Waals surface area contributed by atoms with Crippen molar-refractivity contribution in [2.75, 3.05) is 18.5 Å². The first-order valence-corrected chi connectivity index (χ1v) is 12.1. The third-order valence-electron chi connectivity index (χ3n) is 4.76. The van der Waals surface area contributed by atoms with E-state index in [2.05, 4.69) is 22.9 Å². The van der Waals surface area contributed by atoms with Crippen LogP contribution < -0.4 is 9.47 Å². The molecule has 2 aromatic carbocycles. The summed E-state index contributed by atoms with van der Waals surface area (Å²) in [6.45, 7) is 3.65. The van der Waals surface area contributed by atoms with Crippen LogP contribution in [0.3, 0.4) is 0 Å². The Morgan fingerprint density at radius 2 is 1.37 bits per heavy atom. The molecular formula is C26H33BrO3. The maximum absolute atomic E-state index is 12.4. The Bertz CT molecular complexity index is 751. The Kier molecular flexibility index (Phi) is 12.0. The van der Waals surface area contributed by atoms with Gasteiger partial charge in [0, 0.05) is 10.9 Å². The van der Waals surface area contributed by atoms with Crippen LogP contribution in [0.15, 0.2) is 54.6 Å². The van der Waals surface area contributed by atoms with Crippen LogP contribution in [-0.2, 0) is 0 Å². The molecule has 0 aromatic heterocycles. The van der Waals surface area contributed by atoms with Gasteiger partial charge in [0.05, 0.1) is 13.2 Å². The zero-order valence-corrected chi connectivity index (χ0v) is 19.5. The van der Waals surface area contributed by atoms with Gasteiger partial charge in [-0.1, -0.05) is 73.2 Å². The summed E-state index contributed by atoms with van der Waals surface area (Å²) in [4.78, 5) is 12.4. The predicted molar refractivity (Wildman–Crippen MR) is 129 cm³/mol. The van der Waals surface area contributed by atoms with Crippen molar-refractivity contribution < 1.29 is 14.3 Å². The molecule has 2 rings (SSSR count). The van der Waals surface area contributed by atoms with E-state index in [0.29, 0.717) is 12.2 Å². The Balaban J connectivity index is 1.74. The van der Waals surface area contributed by atoms with Gasteiger partial charge in [0.2, 0.25) is 0 Å². The fraction of sp³-hybridized carbons (Fsp3) is 0.423. The summed E-state index contributed by atoms with van der Waals surface area (Å²) in [7, 11) is 0. The van der Waals surface area contributed by atoms with E-state index in [0.717, 1.165) is 41.8 Å². The van der Waals surface area contributed by atoms with E-state index in [-0.39, 0.29) is 5.78 Å². The van der Waals surface area contributed by atoms with E-state index < -0.39 is 0 Å². The lowest BCUT2D eigenvalue weighted by atomic mass is 10.1. The number of carbonyl (C=O) groups excluding carboxylic acids is 1. The number of ether oxygens (including phenoxy) is 2. The van der Waals surface area contributed by atoms with Crippen molar-refractivity contribution >= 4 is 27.8 Å². The Morgan fingerprint density at radius 1 is 0.800 bits per heavy atom. The number of ketones is 1. The quantitative estimate of drug-likeness (QED) is 0.116. The highest BCUT2D eigenvalue weighted by Gasteiger charge is 2.03. The highest BCUT2D eigenvalue weighted by molar-refractivity contribution is 9.09. The van der Waals surface area contributed by atoms with Crippen molar-refractivity contribution in [3.05, 3.63) is 65.7 Å². The van der Waals surface area contributed by atoms with Gasteiger partial charge in [-0.15, -0.1) is 0 Å². The normalized spacial score (nSPS) is 11.0. The van der Waals surface area contributed by atoms with Crippen molar-refractivity contribution in [3.63, 3.8) is 0 Å². The topological polar surface area (TPSA) is 35.5 Å². The van der Waals surface area contributed by atoms with E-state index in [1.54, 1.807) is 6.08 Å². The average molecular weight is 473 g/mol. The number of allylic oxidation sites excluding steroid dienone is 1. The first kappa shape index (κ1) is 24.2. The fourth-order valence-electron chi connectivity index (χ4n) is 2.98. The SMILES string of the molecule is CCCCCCCCOc1ccc(C(=O)/C=C/c2ccc(OCCCBr)cc2)cc1. The minimum absolute atomic E-state index is 0.0184. The van der Waals surface area contributed by atoms with Gasteiger partial charge < -0.3 is 9.47 Å². The Hall–Kier alpha value is -2.07. The number of hydrogen-bond acceptors (Lipinski definition) is 3. The molecule has 0 saturated carbocycles. The van der Waals surface area contributed by atoms with Crippen molar-refractivity contribution in [1.29, 1.82) is 0 Å². The van der Waals surface area contributed by atoms with Crippen molar-refractivity contribution in [2.45, 2.75) is 51.9 Å². The van der Waals surface area contributed by atoms with Crippen molar-refractivity contribution in [2.24, 2.45) is 0 Å². The van der Waals surface area contributed by atoms with Crippen LogP contribution in [0.2, 0.25) is 0 Å². The highest BCUT2D eigenvalue weighted by Crippen LogP contribution is 2.16. The second-order valence-electron chi connectivity index (χ2n) is 7.30. The second kappa shape index (κ2) is 14.8. The van der Waals surface area contributed by atoms with E-state index in [1.165, 1.54) is 32.1 Å². The smallest absolute Gasteiger partial charge is 0.185 e. The van der Waals surface area contributed by atoms with Gasteiger partial charge in [-0.25, -0.2) is 0 Å². The lowest BCUT2D eigenvalue weighted by Gasteiger charge is -2.06. The molecule has 0 saturated heterocycles. The van der Waals surface area contributed by atoms with E-state index in [4.69, 9.17) is 9.47 Å². The van der Waals surface area contributed by atoms with Gasteiger partial charge in [-0.2, -0.15) is 0 Å². The molecule has 0 aliphatic carbocycles. The molecule has 0 bridgehead atoms. The van der Waals surface area contributed by atoms with Gasteiger partial charge in [0.1, 0.15) is 11.5 Å². The summed E-state index contributed by atoms with van der Waals surface area (Å²) in [5.41, 5.74) is 1.63. The van der Waals surface area contributed by atoms with E-state index in [9.17, 15) is 4.79 Å². The molecule has 4 heteroatoms. The number of hydrogen-bond donors (Lipinski definition) is 0. The van der Waals surface area contributed by atoms with Crippen LogP contribution in [0.5, 0.6) is 11.5 Å². The number of benzene rings is 2. The van der Waals surface area contributed by atoms with Crippen LogP contribution in [0.25, 0.3) is 6.08 Å². The number of alkyl halides is 1. The summed E-state index contributed by atoms with van der Waals surface area (Å²) in [6.07, 6.45) is 11.9. The fourth-order valence-corrected chi connectivity index (χ4v) is 3.20. The van der Waals surface area contributed by atoms with Crippen LogP contribution in [-0.4, -0.2) is 24.3 Å². The summed E-state index contributed by atoms with van der Waals surface area (Å²) in [5.74, 6) is 1.64. The molecule has 3 nitrogen and oxygen atoms in total. The van der Waals surface area contributed by atoms with Crippen LogP contribution >= 0.6 is 15.9 Å². The van der Waals surface area contributed by atoms with Gasteiger partial charge >= 0.3 is 0 Å². The number of unbranched alkanes of at least 4 members (excludes halogenated alkanes) is 5. The van der Waals surface area contributed by atoms with E-state index >= 15 is 0 Å². The summed E-state index contributed by atoms with van der Waals surface area (Å²) >= 11 is 3.39. The zero-order valence-electron chi connectivity index (χ0n) is 17.9. The first-order valence-electron chi connectivity index (χ1n) is 11.0. The molecule has 162 valence electrons. The Labute approximate surface area is 189 Å². The van der Waals surface area contributed by atoms with Gasteiger partial charge in [0.25, 0.3) is 0 Å². The molecule has 0 aliphatic rings. The maximum atomic E-state index is 12.4. The number of halogens is 1. The molecule has 0 amide bonds. The zero-order chi connectivity index (χ0) is 21.4. The number of carbonyl (C=O) groups is 1. The standard InChI is InChI=1S/C26H33BrO3/c1-2-3-4-5-6-7-20-29-25-16-12-23(13-17-25)26(28)18-11-22-9-14-24(15-10-22)30-21-8-19-27/h9-18H,2-8,19-21H2,1H3/b18-11+. The molecule has 30 heavy (non-hydrogen) atoms. The molecule has 0 fully saturated rings. The highest BCUT2D eigenvalue weighted by atomic mass is 79.9. The largest absolute Gasteiger partial charge is 0.494 e. The monoisotopic (exact) mass is 472 g/mol. The predicted octanol–water partition coefficient (Wildman–Crippen LogP) is 7.49. The van der Waals surface area contributed by atoms with Crippen LogP contribution in [0.1, 0.15) is 67.8 Å². The Morgan fingerprint density at radius 3 is 2.00 bits per heavy atom. The lowest BCUT2D eigenvalue weighted by molar-refractivity contribution is 0.104. The van der Waals surface area contributed by atoms with Crippen LogP contribution in [0.4, 0.5) is 0 Å². The lowest BCUT2D eigenvalue weighted by Crippen LogP contribution is -1.99. The molecule has 2 aromatic rings. The van der Waals surface area contributed by atoms with Gasteiger partial charge in [-0.3, -0.25) is 4.79 Å². The summed E-state index contributed by atoms with van der Waals surface area (Å²) in [5, 5.41) is 0.933. The molecule has 0 radical (unpaired) electrons. The third-order valence-corrected chi connectivity index (χ3v) is 5.32.